The van der Waals surface area contributed by atoms with Crippen LogP contribution in [-0.2, 0) is 10.9 Å². The average Bonchev–Trinajstić information content (AvgIpc) is 3.48. The van der Waals surface area contributed by atoms with Gasteiger partial charge >= 0.3 is 6.18 Å². The van der Waals surface area contributed by atoms with Crippen molar-refractivity contribution in [1.82, 2.24) is 10.2 Å². The Hall–Kier alpha value is -1.96. The summed E-state index contributed by atoms with van der Waals surface area (Å²) in [5.74, 6) is 0.872. The summed E-state index contributed by atoms with van der Waals surface area (Å²) in [5.41, 5.74) is 0.345. The fourth-order valence-corrected chi connectivity index (χ4v) is 3.78. The van der Waals surface area contributed by atoms with E-state index in [0.29, 0.717) is 24.2 Å². The average molecular weight is 413 g/mol. The first-order valence-electron chi connectivity index (χ1n) is 10.3. The second kappa shape index (κ2) is 9.24. The third-order valence-electron chi connectivity index (χ3n) is 5.89. The molecule has 1 N–H and O–H groups in total. The molecular formula is C21H31F3N4O. The number of guanidine groups is 1. The number of hydrogen-bond donors (Lipinski definition) is 1. The van der Waals surface area contributed by atoms with Crippen molar-refractivity contribution in [2.45, 2.75) is 32.4 Å². The summed E-state index contributed by atoms with van der Waals surface area (Å²) in [6, 6.07) is 5.57. The Labute approximate surface area is 170 Å². The molecule has 1 aromatic carbocycles. The lowest BCUT2D eigenvalue weighted by molar-refractivity contribution is -0.137. The second-order valence-corrected chi connectivity index (χ2v) is 7.87. The largest absolute Gasteiger partial charge is 0.416 e. The summed E-state index contributed by atoms with van der Waals surface area (Å²) in [7, 11) is 1.78. The summed E-state index contributed by atoms with van der Waals surface area (Å²) in [5, 5.41) is 3.51. The zero-order chi connectivity index (χ0) is 20.9. The maximum atomic E-state index is 13.0. The van der Waals surface area contributed by atoms with Crippen LogP contribution >= 0.6 is 0 Å². The van der Waals surface area contributed by atoms with E-state index >= 15 is 0 Å². The molecule has 0 radical (unpaired) electrons. The van der Waals surface area contributed by atoms with E-state index in [2.05, 4.69) is 15.2 Å². The van der Waals surface area contributed by atoms with Crippen molar-refractivity contribution in [2.24, 2.45) is 10.4 Å². The van der Waals surface area contributed by atoms with Crippen LogP contribution in [0.15, 0.2) is 29.3 Å². The maximum Gasteiger partial charge on any atom is 0.416 e. The van der Waals surface area contributed by atoms with Crippen LogP contribution in [0, 0.1) is 5.41 Å². The lowest BCUT2D eigenvalue weighted by atomic mass is 10.0. The van der Waals surface area contributed by atoms with Gasteiger partial charge in [0.05, 0.1) is 5.56 Å². The van der Waals surface area contributed by atoms with Gasteiger partial charge in [-0.15, -0.1) is 0 Å². The number of ether oxygens (including phenoxy) is 1. The van der Waals surface area contributed by atoms with E-state index in [0.717, 1.165) is 51.3 Å². The highest BCUT2D eigenvalue weighted by Crippen LogP contribution is 2.48. The number of alkyl halides is 3. The van der Waals surface area contributed by atoms with Crippen LogP contribution < -0.4 is 10.2 Å². The van der Waals surface area contributed by atoms with E-state index in [1.165, 1.54) is 25.0 Å². The van der Waals surface area contributed by atoms with E-state index in [4.69, 9.17) is 4.74 Å². The summed E-state index contributed by atoms with van der Waals surface area (Å²) in [6.07, 6.45) is -0.820. The van der Waals surface area contributed by atoms with Gasteiger partial charge < -0.3 is 19.9 Å². The van der Waals surface area contributed by atoms with Gasteiger partial charge in [0, 0.05) is 58.7 Å². The molecule has 162 valence electrons. The SMILES string of the molecule is CCOCCC1(CNC(=NC)N2CCN(c3cccc(C(F)(F)F)c3)CC2)CC1. The highest BCUT2D eigenvalue weighted by Gasteiger charge is 2.42. The third-order valence-corrected chi connectivity index (χ3v) is 5.89. The van der Waals surface area contributed by atoms with Gasteiger partial charge in [-0.3, -0.25) is 4.99 Å². The molecule has 1 aromatic rings. The Morgan fingerprint density at radius 1 is 1.21 bits per heavy atom. The molecule has 2 aliphatic rings. The fourth-order valence-electron chi connectivity index (χ4n) is 3.78. The summed E-state index contributed by atoms with van der Waals surface area (Å²) < 4.78 is 44.4. The van der Waals surface area contributed by atoms with Gasteiger partial charge in [-0.2, -0.15) is 13.2 Å². The molecule has 0 bridgehead atoms. The molecule has 1 saturated heterocycles. The molecule has 1 aliphatic heterocycles. The van der Waals surface area contributed by atoms with Crippen LogP contribution in [0.25, 0.3) is 0 Å². The van der Waals surface area contributed by atoms with Crippen molar-refractivity contribution >= 4 is 11.6 Å². The number of hydrogen-bond acceptors (Lipinski definition) is 3. The van der Waals surface area contributed by atoms with Crippen molar-refractivity contribution < 1.29 is 17.9 Å². The van der Waals surface area contributed by atoms with Gasteiger partial charge in [-0.25, -0.2) is 0 Å². The smallest absolute Gasteiger partial charge is 0.382 e. The minimum Gasteiger partial charge on any atom is -0.382 e. The minimum absolute atomic E-state index is 0.324. The molecule has 8 heteroatoms. The monoisotopic (exact) mass is 412 g/mol. The van der Waals surface area contributed by atoms with Crippen molar-refractivity contribution in [1.29, 1.82) is 0 Å². The van der Waals surface area contributed by atoms with Gasteiger partial charge in [0.2, 0.25) is 0 Å². The predicted molar refractivity (Wildman–Crippen MR) is 109 cm³/mol. The number of piperazine rings is 1. The molecule has 2 fully saturated rings. The van der Waals surface area contributed by atoms with E-state index in [-0.39, 0.29) is 0 Å². The molecule has 3 rings (SSSR count). The normalized spacial score (nSPS) is 19.4. The zero-order valence-electron chi connectivity index (χ0n) is 17.3. The summed E-state index contributed by atoms with van der Waals surface area (Å²) in [6.45, 7) is 7.23. The summed E-state index contributed by atoms with van der Waals surface area (Å²) >= 11 is 0. The van der Waals surface area contributed by atoms with Gasteiger partial charge in [0.15, 0.2) is 5.96 Å². The molecule has 1 heterocycles. The second-order valence-electron chi connectivity index (χ2n) is 7.87. The van der Waals surface area contributed by atoms with Gasteiger partial charge in [-0.1, -0.05) is 6.07 Å². The highest BCUT2D eigenvalue weighted by atomic mass is 19.4. The lowest BCUT2D eigenvalue weighted by Gasteiger charge is -2.38. The zero-order valence-corrected chi connectivity index (χ0v) is 17.3. The molecule has 0 aromatic heterocycles. The first kappa shape index (κ1) is 21.7. The lowest BCUT2D eigenvalue weighted by Crippen LogP contribution is -2.53. The maximum absolute atomic E-state index is 13.0. The minimum atomic E-state index is -4.31. The van der Waals surface area contributed by atoms with E-state index in [9.17, 15) is 13.2 Å². The highest BCUT2D eigenvalue weighted by molar-refractivity contribution is 5.80. The number of nitrogens with zero attached hydrogens (tertiary/aromatic N) is 3. The topological polar surface area (TPSA) is 40.1 Å². The number of benzene rings is 1. The van der Waals surface area contributed by atoms with Crippen LogP contribution in [0.5, 0.6) is 0 Å². The van der Waals surface area contributed by atoms with Crippen LogP contribution in [-0.4, -0.2) is 63.8 Å². The number of halogens is 3. The number of anilines is 1. The van der Waals surface area contributed by atoms with E-state index < -0.39 is 11.7 Å². The Balaban J connectivity index is 1.50. The molecule has 1 aliphatic carbocycles. The van der Waals surface area contributed by atoms with Gasteiger partial charge in [0.25, 0.3) is 0 Å². The first-order chi connectivity index (χ1) is 13.9. The van der Waals surface area contributed by atoms with Crippen LogP contribution in [0.4, 0.5) is 18.9 Å². The number of nitrogens with one attached hydrogen (secondary N) is 1. The molecular weight excluding hydrogens is 381 g/mol. The molecule has 0 unspecified atom stereocenters. The van der Waals surface area contributed by atoms with E-state index in [1.807, 2.05) is 11.8 Å². The Morgan fingerprint density at radius 3 is 2.52 bits per heavy atom. The van der Waals surface area contributed by atoms with Crippen molar-refractivity contribution in [3.05, 3.63) is 29.8 Å². The number of aliphatic imine (C=N–C) groups is 1. The molecule has 0 spiro atoms. The predicted octanol–water partition coefficient (Wildman–Crippen LogP) is 3.61. The Morgan fingerprint density at radius 2 is 1.93 bits per heavy atom. The van der Waals surface area contributed by atoms with Crippen LogP contribution in [0.1, 0.15) is 31.7 Å². The molecule has 5 nitrogen and oxygen atoms in total. The quantitative estimate of drug-likeness (QED) is 0.422. The van der Waals surface area contributed by atoms with Gasteiger partial charge in [0.1, 0.15) is 0 Å². The molecule has 0 atom stereocenters. The van der Waals surface area contributed by atoms with Crippen molar-refractivity contribution in [2.75, 3.05) is 57.9 Å². The first-order valence-corrected chi connectivity index (χ1v) is 10.3. The Kier molecular flexibility index (Phi) is 6.93. The molecule has 0 amide bonds. The van der Waals surface area contributed by atoms with E-state index in [1.54, 1.807) is 13.1 Å². The number of rotatable bonds is 7. The van der Waals surface area contributed by atoms with Crippen molar-refractivity contribution in [3.8, 4) is 0 Å². The fraction of sp³-hybridized carbons (Fsp3) is 0.667. The van der Waals surface area contributed by atoms with Crippen LogP contribution in [0.2, 0.25) is 0 Å². The summed E-state index contributed by atoms with van der Waals surface area (Å²) in [4.78, 5) is 8.60. The Bertz CT molecular complexity index is 695. The third kappa shape index (κ3) is 5.78. The standard InChI is InChI=1S/C21H31F3N4O/c1-3-29-14-9-20(7-8-20)16-26-19(25-2)28-12-10-27(11-13-28)18-6-4-5-17(15-18)21(22,23)24/h4-6,15H,3,7-14,16H2,1-2H3,(H,25,26). The van der Waals surface area contributed by atoms with Crippen LogP contribution in [0.3, 0.4) is 0 Å². The van der Waals surface area contributed by atoms with Crippen molar-refractivity contribution in [3.63, 3.8) is 0 Å². The molecule has 29 heavy (non-hydrogen) atoms. The molecule has 1 saturated carbocycles. The van der Waals surface area contributed by atoms with Gasteiger partial charge in [-0.05, 0) is 49.8 Å².